The third kappa shape index (κ3) is 4.09. The molecule has 1 saturated heterocycles. The molecular formula is C23H31N3O3. The number of piperidine rings is 1. The first kappa shape index (κ1) is 20.1. The van der Waals surface area contributed by atoms with Crippen molar-refractivity contribution in [3.8, 4) is 0 Å². The van der Waals surface area contributed by atoms with Gasteiger partial charge in [-0.3, -0.25) is 9.48 Å². The van der Waals surface area contributed by atoms with Gasteiger partial charge in [0.25, 0.3) is 5.91 Å². The van der Waals surface area contributed by atoms with Gasteiger partial charge in [0.2, 0.25) is 0 Å². The zero-order chi connectivity index (χ0) is 20.5. The van der Waals surface area contributed by atoms with Gasteiger partial charge >= 0.3 is 0 Å². The Morgan fingerprint density at radius 3 is 2.69 bits per heavy atom. The summed E-state index contributed by atoms with van der Waals surface area (Å²) in [6.07, 6.45) is 2.74. The molecule has 0 spiro atoms. The fourth-order valence-corrected chi connectivity index (χ4v) is 4.57. The summed E-state index contributed by atoms with van der Waals surface area (Å²) in [6.45, 7) is 8.25. The van der Waals surface area contributed by atoms with Crippen LogP contribution in [0.4, 0.5) is 0 Å². The number of hydrogen-bond acceptors (Lipinski definition) is 4. The van der Waals surface area contributed by atoms with Crippen LogP contribution in [0.1, 0.15) is 65.7 Å². The number of likely N-dealkylation sites (tertiary alicyclic amines) is 1. The van der Waals surface area contributed by atoms with Crippen molar-refractivity contribution in [3.63, 3.8) is 0 Å². The summed E-state index contributed by atoms with van der Waals surface area (Å²) >= 11 is 0. The van der Waals surface area contributed by atoms with Gasteiger partial charge in [-0.05, 0) is 44.7 Å². The Morgan fingerprint density at radius 2 is 1.97 bits per heavy atom. The third-order valence-electron chi connectivity index (χ3n) is 6.17. The van der Waals surface area contributed by atoms with Crippen molar-refractivity contribution in [2.75, 3.05) is 13.1 Å². The molecule has 0 aliphatic carbocycles. The average molecular weight is 398 g/mol. The van der Waals surface area contributed by atoms with Crippen LogP contribution in [0.15, 0.2) is 24.3 Å². The number of benzene rings is 1. The summed E-state index contributed by atoms with van der Waals surface area (Å²) < 4.78 is 13.9. The molecule has 2 atom stereocenters. The van der Waals surface area contributed by atoms with Crippen molar-refractivity contribution in [1.82, 2.24) is 14.7 Å². The first-order valence-electron chi connectivity index (χ1n) is 10.6. The van der Waals surface area contributed by atoms with Gasteiger partial charge in [-0.25, -0.2) is 0 Å². The zero-order valence-corrected chi connectivity index (χ0v) is 17.9. The number of fused-ring (bicyclic) bond motifs is 1. The lowest BCUT2D eigenvalue weighted by Gasteiger charge is -2.32. The van der Waals surface area contributed by atoms with Gasteiger partial charge in [0.05, 0.1) is 30.6 Å². The maximum Gasteiger partial charge on any atom is 0.274 e. The molecule has 29 heavy (non-hydrogen) atoms. The highest BCUT2D eigenvalue weighted by atomic mass is 16.5. The minimum atomic E-state index is -0.0339. The molecule has 0 radical (unpaired) electrons. The van der Waals surface area contributed by atoms with Crippen LogP contribution >= 0.6 is 0 Å². The second-order valence-corrected chi connectivity index (χ2v) is 8.36. The van der Waals surface area contributed by atoms with E-state index >= 15 is 0 Å². The Labute approximate surface area is 172 Å². The van der Waals surface area contributed by atoms with E-state index in [4.69, 9.17) is 9.47 Å². The Kier molecular flexibility index (Phi) is 5.74. The highest BCUT2D eigenvalue weighted by Gasteiger charge is 2.34. The molecule has 2 aliphatic heterocycles. The lowest BCUT2D eigenvalue weighted by atomic mass is 9.98. The second-order valence-electron chi connectivity index (χ2n) is 8.36. The number of aromatic nitrogens is 2. The number of nitrogens with zero attached hydrogens (tertiary/aromatic N) is 3. The maximum atomic E-state index is 13.2. The highest BCUT2D eigenvalue weighted by Crippen LogP contribution is 2.32. The number of carbonyl (C=O) groups is 1. The van der Waals surface area contributed by atoms with Crippen LogP contribution in [-0.2, 0) is 29.5 Å². The standard InChI is InChI=1S/C23H31N3O3/c1-15-7-5-6-8-18(15)14-28-19-9-11-26(12-10-19)23(27)21-20-13-16(2)29-17(3)22(20)25(4)24-21/h5-8,16-17,19H,9-14H2,1-4H3/t16-,17+/m1/s1. The van der Waals surface area contributed by atoms with Crippen molar-refractivity contribution in [1.29, 1.82) is 0 Å². The molecule has 156 valence electrons. The number of ether oxygens (including phenoxy) is 2. The quantitative estimate of drug-likeness (QED) is 0.791. The first-order chi connectivity index (χ1) is 13.9. The molecule has 1 amide bonds. The maximum absolute atomic E-state index is 13.2. The largest absolute Gasteiger partial charge is 0.373 e. The highest BCUT2D eigenvalue weighted by molar-refractivity contribution is 5.94. The summed E-state index contributed by atoms with van der Waals surface area (Å²) in [5.41, 5.74) is 5.18. The first-order valence-corrected chi connectivity index (χ1v) is 10.6. The van der Waals surface area contributed by atoms with Crippen LogP contribution in [0.5, 0.6) is 0 Å². The van der Waals surface area contributed by atoms with E-state index in [1.165, 1.54) is 11.1 Å². The second kappa shape index (κ2) is 8.28. The van der Waals surface area contributed by atoms with Crippen LogP contribution < -0.4 is 0 Å². The molecule has 0 N–H and O–H groups in total. The van der Waals surface area contributed by atoms with E-state index in [9.17, 15) is 4.79 Å². The molecule has 0 unspecified atom stereocenters. The molecule has 3 heterocycles. The number of rotatable bonds is 4. The smallest absolute Gasteiger partial charge is 0.274 e. The van der Waals surface area contributed by atoms with Gasteiger partial charge < -0.3 is 14.4 Å². The summed E-state index contributed by atoms with van der Waals surface area (Å²) in [5, 5.41) is 4.57. The average Bonchev–Trinajstić information content (AvgIpc) is 3.03. The lowest BCUT2D eigenvalue weighted by Crippen LogP contribution is -2.41. The molecule has 4 rings (SSSR count). The van der Waals surface area contributed by atoms with Crippen LogP contribution in [0, 0.1) is 6.92 Å². The van der Waals surface area contributed by atoms with Crippen molar-refractivity contribution in [3.05, 3.63) is 52.3 Å². The van der Waals surface area contributed by atoms with Gasteiger partial charge in [-0.15, -0.1) is 0 Å². The molecular weight excluding hydrogens is 366 g/mol. The van der Waals surface area contributed by atoms with E-state index in [1.54, 1.807) is 0 Å². The van der Waals surface area contributed by atoms with Crippen LogP contribution in [-0.4, -0.2) is 45.9 Å². The summed E-state index contributed by atoms with van der Waals surface area (Å²) in [6, 6.07) is 8.32. The van der Waals surface area contributed by atoms with E-state index in [1.807, 2.05) is 35.7 Å². The predicted octanol–water partition coefficient (Wildman–Crippen LogP) is 3.57. The van der Waals surface area contributed by atoms with Crippen LogP contribution in [0.25, 0.3) is 0 Å². The molecule has 6 heteroatoms. The van der Waals surface area contributed by atoms with E-state index in [0.717, 1.165) is 30.5 Å². The fraction of sp³-hybridized carbons (Fsp3) is 0.565. The minimum Gasteiger partial charge on any atom is -0.373 e. The molecule has 1 aromatic heterocycles. The topological polar surface area (TPSA) is 56.6 Å². The van der Waals surface area contributed by atoms with E-state index in [2.05, 4.69) is 31.1 Å². The third-order valence-corrected chi connectivity index (χ3v) is 6.17. The number of carbonyl (C=O) groups excluding carboxylic acids is 1. The lowest BCUT2D eigenvalue weighted by molar-refractivity contribution is -0.00923. The van der Waals surface area contributed by atoms with E-state index < -0.39 is 0 Å². The predicted molar refractivity (Wildman–Crippen MR) is 111 cm³/mol. The molecule has 1 aromatic carbocycles. The molecule has 2 aromatic rings. The van der Waals surface area contributed by atoms with Gasteiger partial charge in [-0.2, -0.15) is 5.10 Å². The normalized spacial score (nSPS) is 22.6. The van der Waals surface area contributed by atoms with Crippen LogP contribution in [0.2, 0.25) is 0 Å². The summed E-state index contributed by atoms with van der Waals surface area (Å²) in [7, 11) is 1.90. The Morgan fingerprint density at radius 1 is 1.24 bits per heavy atom. The van der Waals surface area contributed by atoms with Crippen molar-refractivity contribution >= 4 is 5.91 Å². The SMILES string of the molecule is Cc1ccccc1COC1CCN(C(=O)c2nn(C)c3c2C[C@@H](C)O[C@H]3C)CC1. The molecule has 1 fully saturated rings. The molecule has 2 aliphatic rings. The van der Waals surface area contributed by atoms with Gasteiger partial charge in [0.15, 0.2) is 5.69 Å². The van der Waals surface area contributed by atoms with E-state index in [0.29, 0.717) is 25.4 Å². The fourth-order valence-electron chi connectivity index (χ4n) is 4.57. The Hall–Kier alpha value is -2.18. The number of aryl methyl sites for hydroxylation is 2. The van der Waals surface area contributed by atoms with Crippen molar-refractivity contribution < 1.29 is 14.3 Å². The van der Waals surface area contributed by atoms with Gasteiger partial charge in [0, 0.05) is 32.1 Å². The van der Waals surface area contributed by atoms with Crippen molar-refractivity contribution in [2.24, 2.45) is 7.05 Å². The molecule has 0 bridgehead atoms. The summed E-state index contributed by atoms with van der Waals surface area (Å²) in [5.74, 6) is 0.0421. The van der Waals surface area contributed by atoms with Crippen LogP contribution in [0.3, 0.4) is 0 Å². The monoisotopic (exact) mass is 397 g/mol. The minimum absolute atomic E-state index is 0.0339. The van der Waals surface area contributed by atoms with Gasteiger partial charge in [-0.1, -0.05) is 24.3 Å². The number of hydrogen-bond donors (Lipinski definition) is 0. The van der Waals surface area contributed by atoms with E-state index in [-0.39, 0.29) is 24.2 Å². The number of amides is 1. The molecule has 6 nitrogen and oxygen atoms in total. The van der Waals surface area contributed by atoms with Crippen molar-refractivity contribution in [2.45, 2.75) is 65.0 Å². The summed E-state index contributed by atoms with van der Waals surface area (Å²) in [4.78, 5) is 15.1. The van der Waals surface area contributed by atoms with Gasteiger partial charge in [0.1, 0.15) is 0 Å². The zero-order valence-electron chi connectivity index (χ0n) is 17.9. The Bertz CT molecular complexity index is 883. The Balaban J connectivity index is 1.38. The molecule has 0 saturated carbocycles.